The van der Waals surface area contributed by atoms with Gasteiger partial charge in [-0.3, -0.25) is 9.67 Å². The third-order valence-corrected chi connectivity index (χ3v) is 5.08. The van der Waals surface area contributed by atoms with Crippen molar-refractivity contribution in [1.82, 2.24) is 14.8 Å². The SMILES string of the molecule is CC(C)(Cn1c(-c2ccccc2)n[nH]c1=S)c1cccs1. The monoisotopic (exact) mass is 315 g/mol. The predicted molar refractivity (Wildman–Crippen MR) is 90.2 cm³/mol. The Morgan fingerprint density at radius 1 is 1.19 bits per heavy atom. The molecule has 0 saturated carbocycles. The summed E-state index contributed by atoms with van der Waals surface area (Å²) >= 11 is 7.20. The van der Waals surface area contributed by atoms with Crippen LogP contribution in [0.5, 0.6) is 0 Å². The Morgan fingerprint density at radius 2 is 1.95 bits per heavy atom. The first-order chi connectivity index (χ1) is 10.1. The first-order valence-electron chi connectivity index (χ1n) is 6.82. The van der Waals surface area contributed by atoms with Crippen molar-refractivity contribution in [3.05, 3.63) is 57.5 Å². The van der Waals surface area contributed by atoms with Gasteiger partial charge in [-0.2, -0.15) is 5.10 Å². The van der Waals surface area contributed by atoms with E-state index in [1.54, 1.807) is 11.3 Å². The van der Waals surface area contributed by atoms with Crippen LogP contribution in [-0.2, 0) is 12.0 Å². The molecule has 0 aliphatic rings. The normalized spacial score (nSPS) is 11.7. The van der Waals surface area contributed by atoms with Gasteiger partial charge in [0.1, 0.15) is 0 Å². The summed E-state index contributed by atoms with van der Waals surface area (Å²) in [6, 6.07) is 14.4. The van der Waals surface area contributed by atoms with Gasteiger partial charge in [0.2, 0.25) is 0 Å². The molecule has 2 aromatic heterocycles. The van der Waals surface area contributed by atoms with Crippen LogP contribution in [0.15, 0.2) is 47.8 Å². The lowest BCUT2D eigenvalue weighted by atomic mass is 9.91. The lowest BCUT2D eigenvalue weighted by Gasteiger charge is -2.24. The van der Waals surface area contributed by atoms with Crippen molar-refractivity contribution in [1.29, 1.82) is 0 Å². The molecule has 0 saturated heterocycles. The van der Waals surface area contributed by atoms with Gasteiger partial charge < -0.3 is 0 Å². The minimum Gasteiger partial charge on any atom is -0.299 e. The van der Waals surface area contributed by atoms with Crippen LogP contribution in [0.25, 0.3) is 11.4 Å². The van der Waals surface area contributed by atoms with E-state index in [-0.39, 0.29) is 5.41 Å². The zero-order chi connectivity index (χ0) is 14.9. The summed E-state index contributed by atoms with van der Waals surface area (Å²) in [5.41, 5.74) is 1.09. The largest absolute Gasteiger partial charge is 0.299 e. The van der Waals surface area contributed by atoms with Crippen LogP contribution >= 0.6 is 23.6 Å². The quantitative estimate of drug-likeness (QED) is 0.711. The first kappa shape index (κ1) is 14.2. The number of aromatic nitrogens is 3. The summed E-state index contributed by atoms with van der Waals surface area (Å²) < 4.78 is 2.75. The topological polar surface area (TPSA) is 33.6 Å². The van der Waals surface area contributed by atoms with Crippen LogP contribution < -0.4 is 0 Å². The van der Waals surface area contributed by atoms with Crippen molar-refractivity contribution in [2.45, 2.75) is 25.8 Å². The van der Waals surface area contributed by atoms with Crippen LogP contribution in [0.3, 0.4) is 0 Å². The van der Waals surface area contributed by atoms with Gasteiger partial charge in [0.15, 0.2) is 10.6 Å². The highest BCUT2D eigenvalue weighted by Crippen LogP contribution is 2.30. The molecule has 0 fully saturated rings. The molecular weight excluding hydrogens is 298 g/mol. The van der Waals surface area contributed by atoms with Crippen molar-refractivity contribution >= 4 is 23.6 Å². The Bertz CT molecular complexity index is 767. The lowest BCUT2D eigenvalue weighted by Crippen LogP contribution is -2.24. The maximum atomic E-state index is 5.42. The fourth-order valence-corrected chi connectivity index (χ4v) is 3.45. The molecule has 1 N–H and O–H groups in total. The molecule has 3 nitrogen and oxygen atoms in total. The van der Waals surface area contributed by atoms with E-state index in [9.17, 15) is 0 Å². The highest BCUT2D eigenvalue weighted by Gasteiger charge is 2.24. The van der Waals surface area contributed by atoms with E-state index >= 15 is 0 Å². The summed E-state index contributed by atoms with van der Waals surface area (Å²) in [5.74, 6) is 0.894. The van der Waals surface area contributed by atoms with E-state index in [0.29, 0.717) is 4.77 Å². The molecule has 108 valence electrons. The van der Waals surface area contributed by atoms with E-state index in [0.717, 1.165) is 17.9 Å². The fraction of sp³-hybridized carbons (Fsp3) is 0.250. The molecule has 3 rings (SSSR count). The zero-order valence-electron chi connectivity index (χ0n) is 12.0. The Balaban J connectivity index is 2.00. The first-order valence-corrected chi connectivity index (χ1v) is 8.11. The zero-order valence-corrected chi connectivity index (χ0v) is 13.7. The molecular formula is C16H17N3S2. The third-order valence-electron chi connectivity index (χ3n) is 3.53. The molecule has 5 heteroatoms. The van der Waals surface area contributed by atoms with Gasteiger partial charge in [-0.25, -0.2) is 0 Å². The number of nitrogens with one attached hydrogen (secondary N) is 1. The molecule has 0 atom stereocenters. The van der Waals surface area contributed by atoms with Crippen molar-refractivity contribution in [3.8, 4) is 11.4 Å². The van der Waals surface area contributed by atoms with Gasteiger partial charge in [0.25, 0.3) is 0 Å². The molecule has 0 aliphatic carbocycles. The number of H-pyrrole nitrogens is 1. The van der Waals surface area contributed by atoms with Crippen molar-refractivity contribution in [2.24, 2.45) is 0 Å². The van der Waals surface area contributed by atoms with Crippen LogP contribution in [0.1, 0.15) is 18.7 Å². The van der Waals surface area contributed by atoms with E-state index in [2.05, 4.69) is 58.3 Å². The molecule has 0 radical (unpaired) electrons. The maximum absolute atomic E-state index is 5.42. The molecule has 0 amide bonds. The van der Waals surface area contributed by atoms with E-state index < -0.39 is 0 Å². The number of nitrogens with zero attached hydrogens (tertiary/aromatic N) is 2. The van der Waals surface area contributed by atoms with Gasteiger partial charge in [-0.15, -0.1) is 11.3 Å². The molecule has 1 aromatic carbocycles. The lowest BCUT2D eigenvalue weighted by molar-refractivity contribution is 0.442. The Morgan fingerprint density at radius 3 is 2.62 bits per heavy atom. The molecule has 3 aromatic rings. The summed E-state index contributed by atoms with van der Waals surface area (Å²) in [7, 11) is 0. The number of hydrogen-bond acceptors (Lipinski definition) is 3. The van der Waals surface area contributed by atoms with Gasteiger partial charge in [0, 0.05) is 22.4 Å². The number of aromatic amines is 1. The minimum atomic E-state index is 0.0137. The highest BCUT2D eigenvalue weighted by atomic mass is 32.1. The van der Waals surface area contributed by atoms with Crippen molar-refractivity contribution in [2.75, 3.05) is 0 Å². The van der Waals surface area contributed by atoms with Crippen LogP contribution in [0.2, 0.25) is 0 Å². The average Bonchev–Trinajstić information content (AvgIpc) is 3.11. The van der Waals surface area contributed by atoms with Crippen LogP contribution in [0, 0.1) is 4.77 Å². The van der Waals surface area contributed by atoms with Crippen molar-refractivity contribution < 1.29 is 0 Å². The number of rotatable bonds is 4. The third kappa shape index (κ3) is 2.84. The average molecular weight is 315 g/mol. The smallest absolute Gasteiger partial charge is 0.195 e. The van der Waals surface area contributed by atoms with Crippen molar-refractivity contribution in [3.63, 3.8) is 0 Å². The van der Waals surface area contributed by atoms with E-state index in [1.165, 1.54) is 4.88 Å². The fourth-order valence-electron chi connectivity index (χ4n) is 2.41. The molecule has 0 bridgehead atoms. The standard InChI is InChI=1S/C16H17N3S2/c1-16(2,13-9-6-10-21-13)11-19-14(17-18-15(19)20)12-7-4-3-5-8-12/h3-10H,11H2,1-2H3,(H,18,20). The van der Waals surface area contributed by atoms with E-state index in [1.807, 2.05) is 18.2 Å². The van der Waals surface area contributed by atoms with Gasteiger partial charge in [-0.05, 0) is 23.7 Å². The summed E-state index contributed by atoms with van der Waals surface area (Å²) in [6.45, 7) is 5.28. The molecule has 0 unspecified atom stereocenters. The Hall–Kier alpha value is -1.72. The van der Waals surface area contributed by atoms with Gasteiger partial charge in [-0.1, -0.05) is 50.2 Å². The molecule has 0 aliphatic heterocycles. The molecule has 21 heavy (non-hydrogen) atoms. The second kappa shape index (κ2) is 5.58. The molecule has 0 spiro atoms. The van der Waals surface area contributed by atoms with E-state index in [4.69, 9.17) is 12.2 Å². The Labute approximate surface area is 133 Å². The number of hydrogen-bond donors (Lipinski definition) is 1. The summed E-state index contributed by atoms with van der Waals surface area (Å²) in [4.78, 5) is 1.35. The summed E-state index contributed by atoms with van der Waals surface area (Å²) in [5, 5.41) is 9.44. The number of thiophene rings is 1. The van der Waals surface area contributed by atoms with Gasteiger partial charge in [0.05, 0.1) is 0 Å². The second-order valence-electron chi connectivity index (χ2n) is 5.67. The number of benzene rings is 1. The van der Waals surface area contributed by atoms with Crippen LogP contribution in [0.4, 0.5) is 0 Å². The predicted octanol–water partition coefficient (Wildman–Crippen LogP) is 4.65. The highest BCUT2D eigenvalue weighted by molar-refractivity contribution is 7.71. The minimum absolute atomic E-state index is 0.0137. The van der Waals surface area contributed by atoms with Crippen LogP contribution in [-0.4, -0.2) is 14.8 Å². The Kier molecular flexibility index (Phi) is 3.78. The second-order valence-corrected chi connectivity index (χ2v) is 7.00. The maximum Gasteiger partial charge on any atom is 0.195 e. The summed E-state index contributed by atoms with van der Waals surface area (Å²) in [6.07, 6.45) is 0. The molecule has 2 heterocycles. The van der Waals surface area contributed by atoms with Gasteiger partial charge >= 0.3 is 0 Å².